The van der Waals surface area contributed by atoms with Crippen molar-refractivity contribution in [3.05, 3.63) is 212 Å². The Morgan fingerprint density at radius 3 is 1.58 bits per heavy atom. The minimum absolute atomic E-state index is 1.04. The molecule has 0 aromatic heterocycles. The van der Waals surface area contributed by atoms with Gasteiger partial charge in [0.2, 0.25) is 0 Å². The van der Waals surface area contributed by atoms with Crippen LogP contribution in [0.4, 0.5) is 28.4 Å². The Balaban J connectivity index is 1.17. The maximum absolute atomic E-state index is 3.78. The van der Waals surface area contributed by atoms with E-state index in [4.69, 9.17) is 0 Å². The van der Waals surface area contributed by atoms with Gasteiger partial charge in [-0.05, 0) is 104 Å². The molecule has 0 amide bonds. The third-order valence-corrected chi connectivity index (χ3v) is 9.83. The predicted molar refractivity (Wildman–Crippen MR) is 222 cm³/mol. The van der Waals surface area contributed by atoms with Crippen molar-refractivity contribution in [1.29, 1.82) is 0 Å². The molecule has 0 unspecified atom stereocenters. The highest BCUT2D eigenvalue weighted by molar-refractivity contribution is 6.01. The van der Waals surface area contributed by atoms with E-state index in [0.29, 0.717) is 0 Å². The van der Waals surface area contributed by atoms with Gasteiger partial charge in [-0.1, -0.05) is 158 Å². The molecule has 0 spiro atoms. The SMILES string of the molecule is c1ccc(Nc2cc(N(c3ccc(-c4ccccc4)cc3)c3ccc(-c4ccc5ccccc5c4)cc3)ccc2-c2cccc3ccccc23)cc1. The Kier molecular flexibility index (Phi) is 8.24. The Hall–Kier alpha value is -6.90. The van der Waals surface area contributed by atoms with Crippen LogP contribution in [-0.2, 0) is 0 Å². The fourth-order valence-electron chi connectivity index (χ4n) is 7.20. The maximum Gasteiger partial charge on any atom is 0.0485 e. The molecule has 52 heavy (non-hydrogen) atoms. The van der Waals surface area contributed by atoms with Gasteiger partial charge >= 0.3 is 0 Å². The normalized spacial score (nSPS) is 11.1. The van der Waals surface area contributed by atoms with Gasteiger partial charge in [-0.15, -0.1) is 0 Å². The summed E-state index contributed by atoms with van der Waals surface area (Å²) < 4.78 is 0. The maximum atomic E-state index is 3.78. The predicted octanol–water partition coefficient (Wildman–Crippen LogP) is 14.2. The second kappa shape index (κ2) is 13.8. The van der Waals surface area contributed by atoms with Crippen LogP contribution in [0.2, 0.25) is 0 Å². The van der Waals surface area contributed by atoms with Crippen LogP contribution in [0, 0.1) is 0 Å². The first-order valence-corrected chi connectivity index (χ1v) is 17.8. The summed E-state index contributed by atoms with van der Waals surface area (Å²) in [5.74, 6) is 0. The van der Waals surface area contributed by atoms with Gasteiger partial charge in [0.25, 0.3) is 0 Å². The molecule has 246 valence electrons. The summed E-state index contributed by atoms with van der Waals surface area (Å²) in [7, 11) is 0. The first-order chi connectivity index (χ1) is 25.8. The quantitative estimate of drug-likeness (QED) is 0.174. The number of hydrogen-bond acceptors (Lipinski definition) is 2. The van der Waals surface area contributed by atoms with Crippen LogP contribution >= 0.6 is 0 Å². The molecule has 9 rings (SSSR count). The second-order valence-electron chi connectivity index (χ2n) is 13.1. The summed E-state index contributed by atoms with van der Waals surface area (Å²) in [6, 6.07) is 76.0. The Bertz CT molecular complexity index is 2620. The fourth-order valence-corrected chi connectivity index (χ4v) is 7.20. The van der Waals surface area contributed by atoms with Gasteiger partial charge < -0.3 is 10.2 Å². The molecule has 0 heterocycles. The van der Waals surface area contributed by atoms with Gasteiger partial charge in [-0.25, -0.2) is 0 Å². The van der Waals surface area contributed by atoms with E-state index >= 15 is 0 Å². The molecule has 0 saturated carbocycles. The van der Waals surface area contributed by atoms with Crippen LogP contribution in [0.25, 0.3) is 54.9 Å². The number of rotatable bonds is 8. The average molecular weight is 665 g/mol. The van der Waals surface area contributed by atoms with E-state index in [9.17, 15) is 0 Å². The fraction of sp³-hybridized carbons (Fsp3) is 0. The average Bonchev–Trinajstić information content (AvgIpc) is 3.22. The van der Waals surface area contributed by atoms with E-state index in [1.165, 1.54) is 49.4 Å². The summed E-state index contributed by atoms with van der Waals surface area (Å²) in [5.41, 5.74) is 12.4. The van der Waals surface area contributed by atoms with E-state index < -0.39 is 0 Å². The van der Waals surface area contributed by atoms with E-state index in [1.807, 2.05) is 0 Å². The number of nitrogens with one attached hydrogen (secondary N) is 1. The van der Waals surface area contributed by atoms with Crippen molar-refractivity contribution < 1.29 is 0 Å². The molecule has 0 aliphatic heterocycles. The van der Waals surface area contributed by atoms with Crippen molar-refractivity contribution in [2.75, 3.05) is 10.2 Å². The Morgan fingerprint density at radius 2 is 0.846 bits per heavy atom. The summed E-state index contributed by atoms with van der Waals surface area (Å²) in [4.78, 5) is 2.35. The number of nitrogens with zero attached hydrogens (tertiary/aromatic N) is 1. The molecule has 0 aliphatic carbocycles. The van der Waals surface area contributed by atoms with Crippen molar-refractivity contribution >= 4 is 50.0 Å². The van der Waals surface area contributed by atoms with Gasteiger partial charge in [0.15, 0.2) is 0 Å². The summed E-state index contributed by atoms with van der Waals surface area (Å²) in [6.07, 6.45) is 0. The third-order valence-electron chi connectivity index (χ3n) is 9.83. The molecule has 0 radical (unpaired) electrons. The highest BCUT2D eigenvalue weighted by Gasteiger charge is 2.17. The van der Waals surface area contributed by atoms with Gasteiger partial charge in [0.05, 0.1) is 0 Å². The molecule has 1 N–H and O–H groups in total. The van der Waals surface area contributed by atoms with Crippen LogP contribution < -0.4 is 10.2 Å². The molecular formula is C50H36N2. The van der Waals surface area contributed by atoms with E-state index in [1.54, 1.807) is 0 Å². The van der Waals surface area contributed by atoms with Crippen molar-refractivity contribution in [2.24, 2.45) is 0 Å². The molecule has 2 heteroatoms. The van der Waals surface area contributed by atoms with Crippen molar-refractivity contribution in [3.63, 3.8) is 0 Å². The first kappa shape index (κ1) is 31.1. The molecule has 0 saturated heterocycles. The molecule has 0 fully saturated rings. The molecule has 0 atom stereocenters. The highest BCUT2D eigenvalue weighted by Crippen LogP contribution is 2.42. The summed E-state index contributed by atoms with van der Waals surface area (Å²) >= 11 is 0. The summed E-state index contributed by atoms with van der Waals surface area (Å²) in [6.45, 7) is 0. The van der Waals surface area contributed by atoms with Crippen LogP contribution in [0.3, 0.4) is 0 Å². The van der Waals surface area contributed by atoms with Crippen molar-refractivity contribution in [3.8, 4) is 33.4 Å². The third kappa shape index (κ3) is 6.19. The zero-order valence-electron chi connectivity index (χ0n) is 28.7. The summed E-state index contributed by atoms with van der Waals surface area (Å²) in [5, 5.41) is 8.73. The highest BCUT2D eigenvalue weighted by atomic mass is 15.1. The van der Waals surface area contributed by atoms with Gasteiger partial charge in [-0.3, -0.25) is 0 Å². The van der Waals surface area contributed by atoms with E-state index in [-0.39, 0.29) is 0 Å². The van der Waals surface area contributed by atoms with Crippen LogP contribution in [0.5, 0.6) is 0 Å². The molecule has 0 bridgehead atoms. The zero-order valence-corrected chi connectivity index (χ0v) is 28.7. The molecule has 9 aromatic rings. The first-order valence-electron chi connectivity index (χ1n) is 17.8. The lowest BCUT2D eigenvalue weighted by atomic mass is 9.96. The number of anilines is 5. The lowest BCUT2D eigenvalue weighted by Crippen LogP contribution is -2.10. The number of hydrogen-bond donors (Lipinski definition) is 1. The van der Waals surface area contributed by atoms with Gasteiger partial charge in [0, 0.05) is 34.0 Å². The van der Waals surface area contributed by atoms with Crippen LogP contribution in [0.1, 0.15) is 0 Å². The number of para-hydroxylation sites is 1. The van der Waals surface area contributed by atoms with Gasteiger partial charge in [0.1, 0.15) is 0 Å². The standard InChI is InChI=1S/C50H36N2/c1-3-12-36(13-4-1)38-24-28-44(29-25-38)52(45-30-26-39(27-31-45)42-23-22-37-14-7-8-16-41(37)34-42)46-32-33-49(50(35-46)51-43-18-5-2-6-19-43)48-21-11-17-40-15-9-10-20-47(40)48/h1-35,51H. The second-order valence-corrected chi connectivity index (χ2v) is 13.1. The molecule has 9 aromatic carbocycles. The largest absolute Gasteiger partial charge is 0.355 e. The number of benzene rings is 9. The smallest absolute Gasteiger partial charge is 0.0485 e. The molecule has 0 aliphatic rings. The monoisotopic (exact) mass is 664 g/mol. The van der Waals surface area contributed by atoms with Crippen molar-refractivity contribution in [1.82, 2.24) is 0 Å². The zero-order chi connectivity index (χ0) is 34.7. The number of fused-ring (bicyclic) bond motifs is 2. The van der Waals surface area contributed by atoms with Crippen molar-refractivity contribution in [2.45, 2.75) is 0 Å². The van der Waals surface area contributed by atoms with E-state index in [0.717, 1.165) is 34.0 Å². The Labute approximate surface area is 304 Å². The lowest BCUT2D eigenvalue weighted by molar-refractivity contribution is 1.28. The van der Waals surface area contributed by atoms with Gasteiger partial charge in [-0.2, -0.15) is 0 Å². The molecule has 2 nitrogen and oxygen atoms in total. The van der Waals surface area contributed by atoms with Crippen LogP contribution in [0.15, 0.2) is 212 Å². The van der Waals surface area contributed by atoms with E-state index in [2.05, 4.69) is 223 Å². The molecular weight excluding hydrogens is 629 g/mol. The minimum atomic E-state index is 1.04. The Morgan fingerprint density at radius 1 is 0.308 bits per heavy atom. The van der Waals surface area contributed by atoms with Crippen LogP contribution in [-0.4, -0.2) is 0 Å². The minimum Gasteiger partial charge on any atom is -0.355 e. The topological polar surface area (TPSA) is 15.3 Å². The lowest BCUT2D eigenvalue weighted by Gasteiger charge is -2.27.